The van der Waals surface area contributed by atoms with Gasteiger partial charge in [-0.2, -0.15) is 0 Å². The highest BCUT2D eigenvalue weighted by Crippen LogP contribution is 2.58. The van der Waals surface area contributed by atoms with Gasteiger partial charge < -0.3 is 10.2 Å². The number of nitrogens with one attached hydrogen (secondary N) is 1. The Labute approximate surface area is 382 Å². The number of aromatic nitrogens is 1. The predicted molar refractivity (Wildman–Crippen MR) is 273 cm³/mol. The van der Waals surface area contributed by atoms with Gasteiger partial charge in [-0.3, -0.25) is 4.98 Å². The van der Waals surface area contributed by atoms with Gasteiger partial charge in [0.15, 0.2) is 0 Å². The average Bonchev–Trinajstić information content (AvgIpc) is 3.84. The lowest BCUT2D eigenvalue weighted by molar-refractivity contribution is 0.490. The maximum atomic E-state index is 4.82. The average molecular weight is 836 g/mol. The van der Waals surface area contributed by atoms with Crippen LogP contribution in [0.5, 0.6) is 0 Å². The van der Waals surface area contributed by atoms with E-state index in [2.05, 4.69) is 236 Å². The second-order valence-electron chi connectivity index (χ2n) is 17.7. The summed E-state index contributed by atoms with van der Waals surface area (Å²) in [5.41, 5.74) is 20.7. The fraction of sp³-hybridized carbons (Fsp3) is 0.113. The summed E-state index contributed by atoms with van der Waals surface area (Å²) in [6.07, 6.45) is 13.0. The van der Waals surface area contributed by atoms with E-state index in [0.717, 1.165) is 46.4 Å². The van der Waals surface area contributed by atoms with Gasteiger partial charge in [0.05, 0.1) is 16.6 Å². The van der Waals surface area contributed by atoms with Crippen molar-refractivity contribution >= 4 is 46.2 Å². The number of anilines is 3. The zero-order chi connectivity index (χ0) is 43.5. The summed E-state index contributed by atoms with van der Waals surface area (Å²) in [5, 5.41) is 5.05. The largest absolute Gasteiger partial charge is 0.359 e. The van der Waals surface area contributed by atoms with Crippen molar-refractivity contribution in [3.63, 3.8) is 0 Å². The molecular formula is C62H49N3. The molecule has 0 radical (unpaired) electrons. The van der Waals surface area contributed by atoms with Crippen LogP contribution in [0.15, 0.2) is 206 Å². The molecular weight excluding hydrogens is 787 g/mol. The Morgan fingerprint density at radius 3 is 1.98 bits per heavy atom. The van der Waals surface area contributed by atoms with Crippen LogP contribution in [0.2, 0.25) is 0 Å². The van der Waals surface area contributed by atoms with Gasteiger partial charge in [0.1, 0.15) is 6.17 Å². The van der Waals surface area contributed by atoms with Crippen molar-refractivity contribution in [3.05, 3.63) is 256 Å². The second kappa shape index (κ2) is 15.5. The second-order valence-corrected chi connectivity index (χ2v) is 17.7. The highest BCUT2D eigenvalue weighted by Gasteiger charge is 2.46. The Hall–Kier alpha value is -7.75. The Morgan fingerprint density at radius 2 is 1.23 bits per heavy atom. The summed E-state index contributed by atoms with van der Waals surface area (Å²) in [4.78, 5) is 7.26. The fourth-order valence-electron chi connectivity index (χ4n) is 11.7. The van der Waals surface area contributed by atoms with Crippen molar-refractivity contribution in [1.82, 2.24) is 4.98 Å². The molecule has 0 amide bonds. The molecule has 0 bridgehead atoms. The van der Waals surface area contributed by atoms with Gasteiger partial charge in [-0.25, -0.2) is 0 Å². The summed E-state index contributed by atoms with van der Waals surface area (Å²) in [5.74, 6) is 0. The number of benzene rings is 8. The molecule has 3 aliphatic rings. The normalized spacial score (nSPS) is 15.8. The molecule has 0 spiro atoms. The van der Waals surface area contributed by atoms with Crippen molar-refractivity contribution in [2.75, 3.05) is 10.2 Å². The van der Waals surface area contributed by atoms with Gasteiger partial charge in [0, 0.05) is 28.4 Å². The lowest BCUT2D eigenvalue weighted by Gasteiger charge is -2.37. The summed E-state index contributed by atoms with van der Waals surface area (Å²) >= 11 is 0. The highest BCUT2D eigenvalue weighted by atomic mass is 15.3. The van der Waals surface area contributed by atoms with E-state index in [-0.39, 0.29) is 11.6 Å². The third-order valence-corrected chi connectivity index (χ3v) is 14.7. The maximum absolute atomic E-state index is 4.82. The molecule has 12 rings (SSSR count). The van der Waals surface area contributed by atoms with Gasteiger partial charge >= 0.3 is 0 Å². The Balaban J connectivity index is 0.935. The lowest BCUT2D eigenvalue weighted by Crippen LogP contribution is -2.38. The standard InChI is InChI=1S/C62H49N3/c1-3-61(4-2)55-40-42(29-31-43-18-16-28-54-58(43)52-26-14-15-27-53(52)62(54,46-20-8-5-9-21-46)47-22-10-6-11-23-47)30-36-50(55)51-37-35-49(41-56(51)61)65(48-24-12-7-13-25-48)57-38-34-45-33-32-44-19-17-39-63-59(44)60(45)64-57/h5-41,57,64H,3-4H2,1-2H3/b31-29+. The van der Waals surface area contributed by atoms with Crippen molar-refractivity contribution in [2.24, 2.45) is 0 Å². The molecule has 2 aliphatic carbocycles. The van der Waals surface area contributed by atoms with Crippen molar-refractivity contribution in [3.8, 4) is 22.3 Å². The number of hydrogen-bond donors (Lipinski definition) is 1. The molecule has 65 heavy (non-hydrogen) atoms. The summed E-state index contributed by atoms with van der Waals surface area (Å²) in [6.45, 7) is 4.73. The fourth-order valence-corrected chi connectivity index (χ4v) is 11.7. The van der Waals surface area contributed by atoms with Gasteiger partial charge in [-0.15, -0.1) is 0 Å². The molecule has 9 aromatic rings. The molecule has 8 aromatic carbocycles. The van der Waals surface area contributed by atoms with E-state index >= 15 is 0 Å². The minimum Gasteiger partial charge on any atom is -0.359 e. The van der Waals surface area contributed by atoms with E-state index in [4.69, 9.17) is 4.98 Å². The van der Waals surface area contributed by atoms with Crippen LogP contribution >= 0.6 is 0 Å². The Kier molecular flexibility index (Phi) is 9.27. The van der Waals surface area contributed by atoms with Crippen LogP contribution in [-0.2, 0) is 10.8 Å². The summed E-state index contributed by atoms with van der Waals surface area (Å²) in [6, 6.07) is 71.6. The highest BCUT2D eigenvalue weighted by molar-refractivity contribution is 5.97. The van der Waals surface area contributed by atoms with E-state index in [1.165, 1.54) is 66.8 Å². The van der Waals surface area contributed by atoms with E-state index in [1.807, 2.05) is 12.3 Å². The van der Waals surface area contributed by atoms with Gasteiger partial charge in [0.25, 0.3) is 0 Å². The van der Waals surface area contributed by atoms with Crippen LogP contribution in [0.3, 0.4) is 0 Å². The minimum absolute atomic E-state index is 0.120. The van der Waals surface area contributed by atoms with Crippen LogP contribution in [0.4, 0.5) is 17.1 Å². The molecule has 3 nitrogen and oxygen atoms in total. The lowest BCUT2D eigenvalue weighted by atomic mass is 9.67. The molecule has 0 saturated carbocycles. The first kappa shape index (κ1) is 38.9. The van der Waals surface area contributed by atoms with Crippen LogP contribution < -0.4 is 10.2 Å². The minimum atomic E-state index is -0.423. The quantitative estimate of drug-likeness (QED) is 0.147. The van der Waals surface area contributed by atoms with Crippen LogP contribution in [-0.4, -0.2) is 11.1 Å². The third kappa shape index (κ3) is 5.92. The van der Waals surface area contributed by atoms with Gasteiger partial charge in [0.2, 0.25) is 0 Å². The first-order chi connectivity index (χ1) is 32.1. The molecule has 1 N–H and O–H groups in total. The number of fused-ring (bicyclic) bond motifs is 9. The van der Waals surface area contributed by atoms with Crippen LogP contribution in [0.25, 0.3) is 51.4 Å². The van der Waals surface area contributed by atoms with Crippen LogP contribution in [0.1, 0.15) is 76.8 Å². The first-order valence-corrected chi connectivity index (χ1v) is 23.1. The monoisotopic (exact) mass is 835 g/mol. The zero-order valence-electron chi connectivity index (χ0n) is 36.7. The van der Waals surface area contributed by atoms with Crippen LogP contribution in [0, 0.1) is 0 Å². The number of para-hydroxylation sites is 1. The molecule has 3 heteroatoms. The van der Waals surface area contributed by atoms with Crippen molar-refractivity contribution in [1.29, 1.82) is 0 Å². The van der Waals surface area contributed by atoms with Gasteiger partial charge in [-0.05, 0) is 122 Å². The van der Waals surface area contributed by atoms with Crippen molar-refractivity contribution < 1.29 is 0 Å². The zero-order valence-corrected chi connectivity index (χ0v) is 36.7. The van der Waals surface area contributed by atoms with E-state index in [0.29, 0.717) is 0 Å². The van der Waals surface area contributed by atoms with E-state index < -0.39 is 5.41 Å². The first-order valence-electron chi connectivity index (χ1n) is 23.1. The molecule has 1 unspecified atom stereocenters. The summed E-state index contributed by atoms with van der Waals surface area (Å²) in [7, 11) is 0. The molecule has 312 valence electrons. The molecule has 1 atom stereocenters. The Bertz CT molecular complexity index is 3290. The molecule has 1 aliphatic heterocycles. The molecule has 2 heterocycles. The smallest absolute Gasteiger partial charge is 0.123 e. The SMILES string of the molecule is CCC1(CC)c2cc(/C=C/c3cccc4c3-c3ccccc3C4(c3ccccc3)c3ccccc3)ccc2-c2ccc(N(c3ccccc3)C3C=Cc4ccc5cccnc5c4N3)cc21. The Morgan fingerprint density at radius 1 is 0.554 bits per heavy atom. The predicted octanol–water partition coefficient (Wildman–Crippen LogP) is 15.5. The van der Waals surface area contributed by atoms with Gasteiger partial charge in [-0.1, -0.05) is 196 Å². The third-order valence-electron chi connectivity index (χ3n) is 14.7. The topological polar surface area (TPSA) is 28.2 Å². The molecule has 1 aromatic heterocycles. The molecule has 0 fully saturated rings. The number of hydrogen-bond acceptors (Lipinski definition) is 3. The number of rotatable bonds is 9. The number of pyridine rings is 1. The van der Waals surface area contributed by atoms with E-state index in [1.54, 1.807) is 0 Å². The molecule has 0 saturated heterocycles. The number of nitrogens with zero attached hydrogens (tertiary/aromatic N) is 2. The summed E-state index contributed by atoms with van der Waals surface area (Å²) < 4.78 is 0. The van der Waals surface area contributed by atoms with E-state index in [9.17, 15) is 0 Å². The maximum Gasteiger partial charge on any atom is 0.123 e. The van der Waals surface area contributed by atoms with Crippen molar-refractivity contribution in [2.45, 2.75) is 43.7 Å².